The van der Waals surface area contributed by atoms with Crippen LogP contribution in [0.25, 0.3) is 0 Å². The van der Waals surface area contributed by atoms with Gasteiger partial charge in [0.25, 0.3) is 5.91 Å². The van der Waals surface area contributed by atoms with Crippen molar-refractivity contribution in [2.24, 2.45) is 0 Å². The van der Waals surface area contributed by atoms with Crippen LogP contribution in [0.15, 0.2) is 12.3 Å². The topological polar surface area (TPSA) is 65.2 Å². The summed E-state index contributed by atoms with van der Waals surface area (Å²) in [5.74, 6) is -1.02. The summed E-state index contributed by atoms with van der Waals surface area (Å²) in [6, 6.07) is -0.528. The molecule has 2 amide bonds. The highest BCUT2D eigenvalue weighted by molar-refractivity contribution is 5.94. The second kappa shape index (κ2) is 6.02. The van der Waals surface area contributed by atoms with Crippen LogP contribution in [0.1, 0.15) is 35.8 Å². The number of likely N-dealkylation sites (tertiary alicyclic amines) is 1. The van der Waals surface area contributed by atoms with Gasteiger partial charge in [0.15, 0.2) is 0 Å². The van der Waals surface area contributed by atoms with E-state index in [9.17, 15) is 22.8 Å². The third-order valence-electron chi connectivity index (χ3n) is 3.88. The summed E-state index contributed by atoms with van der Waals surface area (Å²) in [6.07, 6.45) is -2.86. The fourth-order valence-corrected chi connectivity index (χ4v) is 2.73. The molecule has 0 bridgehead atoms. The molecule has 2 N–H and O–H groups in total. The van der Waals surface area contributed by atoms with E-state index < -0.39 is 24.2 Å². The van der Waals surface area contributed by atoms with Gasteiger partial charge in [-0.1, -0.05) is 0 Å². The van der Waals surface area contributed by atoms with Crippen molar-refractivity contribution in [2.75, 3.05) is 6.54 Å². The Labute approximate surface area is 125 Å². The molecule has 0 saturated carbocycles. The molecule has 1 aliphatic heterocycles. The highest BCUT2D eigenvalue weighted by Crippen LogP contribution is 2.32. The zero-order valence-electron chi connectivity index (χ0n) is 12.3. The number of aromatic amines is 1. The van der Waals surface area contributed by atoms with Gasteiger partial charge in [-0.3, -0.25) is 9.59 Å². The smallest absolute Gasteiger partial charge is 0.357 e. The SMILES string of the molecule is CC(=O)N1CC(NC(=O)c2[nH]ccc2C)CCC1C(F)(F)F. The Morgan fingerprint density at radius 3 is 2.55 bits per heavy atom. The minimum absolute atomic E-state index is 0.134. The van der Waals surface area contributed by atoms with Crippen LogP contribution >= 0.6 is 0 Å². The lowest BCUT2D eigenvalue weighted by Gasteiger charge is -2.40. The second-order valence-electron chi connectivity index (χ2n) is 5.51. The van der Waals surface area contributed by atoms with Crippen LogP contribution in [0.2, 0.25) is 0 Å². The van der Waals surface area contributed by atoms with E-state index in [0.717, 1.165) is 17.4 Å². The van der Waals surface area contributed by atoms with Crippen LogP contribution < -0.4 is 5.32 Å². The number of halogens is 3. The summed E-state index contributed by atoms with van der Waals surface area (Å²) in [5.41, 5.74) is 1.14. The fourth-order valence-electron chi connectivity index (χ4n) is 2.73. The summed E-state index contributed by atoms with van der Waals surface area (Å²) >= 11 is 0. The summed E-state index contributed by atoms with van der Waals surface area (Å²) in [7, 11) is 0. The number of amides is 2. The normalized spacial score (nSPS) is 22.5. The van der Waals surface area contributed by atoms with Crippen LogP contribution in [-0.4, -0.2) is 46.5 Å². The lowest BCUT2D eigenvalue weighted by atomic mass is 9.97. The van der Waals surface area contributed by atoms with Crippen molar-refractivity contribution in [3.8, 4) is 0 Å². The molecule has 5 nitrogen and oxygen atoms in total. The van der Waals surface area contributed by atoms with Gasteiger partial charge in [0.1, 0.15) is 11.7 Å². The van der Waals surface area contributed by atoms with E-state index >= 15 is 0 Å². The summed E-state index contributed by atoms with van der Waals surface area (Å²) in [4.78, 5) is 27.1. The molecule has 2 heterocycles. The van der Waals surface area contributed by atoms with Crippen molar-refractivity contribution in [1.29, 1.82) is 0 Å². The molecule has 122 valence electrons. The summed E-state index contributed by atoms with van der Waals surface area (Å²) in [6.45, 7) is 2.73. The van der Waals surface area contributed by atoms with E-state index in [2.05, 4.69) is 10.3 Å². The molecule has 1 saturated heterocycles. The Bertz CT molecular complexity index is 568. The maximum atomic E-state index is 12.9. The van der Waals surface area contributed by atoms with Crippen molar-refractivity contribution in [1.82, 2.24) is 15.2 Å². The second-order valence-corrected chi connectivity index (χ2v) is 5.51. The van der Waals surface area contributed by atoms with Gasteiger partial charge < -0.3 is 15.2 Å². The predicted molar refractivity (Wildman–Crippen MR) is 73.2 cm³/mol. The first kappa shape index (κ1) is 16.4. The number of rotatable bonds is 2. The molecule has 0 aromatic carbocycles. The van der Waals surface area contributed by atoms with Crippen LogP contribution in [-0.2, 0) is 4.79 Å². The average Bonchev–Trinajstić information content (AvgIpc) is 2.83. The molecule has 2 unspecified atom stereocenters. The molecular weight excluding hydrogens is 299 g/mol. The Morgan fingerprint density at radius 2 is 2.05 bits per heavy atom. The number of aryl methyl sites for hydroxylation is 1. The summed E-state index contributed by atoms with van der Waals surface area (Å²) < 4.78 is 38.8. The minimum atomic E-state index is -4.45. The van der Waals surface area contributed by atoms with Gasteiger partial charge in [-0.15, -0.1) is 0 Å². The number of hydrogen-bond acceptors (Lipinski definition) is 2. The molecule has 22 heavy (non-hydrogen) atoms. The number of carbonyl (C=O) groups is 2. The van der Waals surface area contributed by atoms with Crippen molar-refractivity contribution in [3.63, 3.8) is 0 Å². The Balaban J connectivity index is 2.05. The van der Waals surface area contributed by atoms with Crippen molar-refractivity contribution >= 4 is 11.8 Å². The maximum Gasteiger partial charge on any atom is 0.408 e. The molecule has 1 aliphatic rings. The Kier molecular flexibility index (Phi) is 4.48. The Hall–Kier alpha value is -1.99. The number of hydrogen-bond donors (Lipinski definition) is 2. The number of carbonyl (C=O) groups excluding carboxylic acids is 2. The monoisotopic (exact) mass is 317 g/mol. The first-order valence-corrected chi connectivity index (χ1v) is 6.99. The van der Waals surface area contributed by atoms with Gasteiger partial charge >= 0.3 is 6.18 Å². The third kappa shape index (κ3) is 3.42. The van der Waals surface area contributed by atoms with Crippen molar-refractivity contribution in [3.05, 3.63) is 23.5 Å². The molecule has 1 aromatic heterocycles. The number of piperidine rings is 1. The Morgan fingerprint density at radius 1 is 1.36 bits per heavy atom. The standard InChI is InChI=1S/C14H18F3N3O2/c1-8-5-6-18-12(8)13(22)19-10-3-4-11(14(15,16)17)20(7-10)9(2)21/h5-6,10-11,18H,3-4,7H2,1-2H3,(H,19,22). The van der Waals surface area contributed by atoms with E-state index in [-0.39, 0.29) is 25.3 Å². The first-order valence-electron chi connectivity index (χ1n) is 6.99. The largest absolute Gasteiger partial charge is 0.408 e. The first-order chi connectivity index (χ1) is 10.2. The number of alkyl halides is 3. The highest BCUT2D eigenvalue weighted by atomic mass is 19.4. The van der Waals surface area contributed by atoms with Gasteiger partial charge in [0.2, 0.25) is 5.91 Å². The number of nitrogens with one attached hydrogen (secondary N) is 2. The number of H-pyrrole nitrogens is 1. The lowest BCUT2D eigenvalue weighted by molar-refractivity contribution is -0.196. The number of aromatic nitrogens is 1. The van der Waals surface area contributed by atoms with Gasteiger partial charge in [-0.2, -0.15) is 13.2 Å². The molecule has 0 aliphatic carbocycles. The predicted octanol–water partition coefficient (Wildman–Crippen LogP) is 1.99. The van der Waals surface area contributed by atoms with Gasteiger partial charge in [-0.05, 0) is 31.4 Å². The van der Waals surface area contributed by atoms with Crippen LogP contribution in [0.3, 0.4) is 0 Å². The molecule has 0 spiro atoms. The lowest BCUT2D eigenvalue weighted by Crippen LogP contribution is -2.57. The number of nitrogens with zero attached hydrogens (tertiary/aromatic N) is 1. The zero-order chi connectivity index (χ0) is 16.5. The highest BCUT2D eigenvalue weighted by Gasteiger charge is 2.47. The van der Waals surface area contributed by atoms with Gasteiger partial charge in [0, 0.05) is 25.7 Å². The van der Waals surface area contributed by atoms with Gasteiger partial charge in [0.05, 0.1) is 0 Å². The van der Waals surface area contributed by atoms with E-state index in [1.807, 2.05) is 0 Å². The molecule has 8 heteroatoms. The summed E-state index contributed by atoms with van der Waals surface area (Å²) in [5, 5.41) is 2.69. The third-order valence-corrected chi connectivity index (χ3v) is 3.88. The van der Waals surface area contributed by atoms with Crippen molar-refractivity contribution in [2.45, 2.75) is 44.9 Å². The quantitative estimate of drug-likeness (QED) is 0.876. The van der Waals surface area contributed by atoms with Crippen LogP contribution in [0, 0.1) is 6.92 Å². The van der Waals surface area contributed by atoms with E-state index in [4.69, 9.17) is 0 Å². The molecule has 2 atom stereocenters. The maximum absolute atomic E-state index is 12.9. The van der Waals surface area contributed by atoms with E-state index in [0.29, 0.717) is 5.69 Å². The molecule has 0 radical (unpaired) electrons. The van der Waals surface area contributed by atoms with Crippen LogP contribution in [0.5, 0.6) is 0 Å². The minimum Gasteiger partial charge on any atom is -0.357 e. The van der Waals surface area contributed by atoms with E-state index in [1.54, 1.807) is 19.2 Å². The molecule has 1 fully saturated rings. The fraction of sp³-hybridized carbons (Fsp3) is 0.571. The van der Waals surface area contributed by atoms with Gasteiger partial charge in [-0.25, -0.2) is 0 Å². The zero-order valence-corrected chi connectivity index (χ0v) is 12.3. The van der Waals surface area contributed by atoms with Crippen LogP contribution in [0.4, 0.5) is 13.2 Å². The van der Waals surface area contributed by atoms with E-state index in [1.165, 1.54) is 0 Å². The molecule has 1 aromatic rings. The average molecular weight is 317 g/mol. The van der Waals surface area contributed by atoms with Crippen molar-refractivity contribution < 1.29 is 22.8 Å². The molecular formula is C14H18F3N3O2. The molecule has 2 rings (SSSR count).